The maximum Gasteiger partial charge on any atom is 0.140 e. The molecule has 0 aliphatic carbocycles. The van der Waals surface area contributed by atoms with Crippen molar-refractivity contribution in [2.45, 2.75) is 106 Å². The summed E-state index contributed by atoms with van der Waals surface area (Å²) in [5.41, 5.74) is 17.4. The van der Waals surface area contributed by atoms with Crippen LogP contribution in [0.4, 0.5) is 34.1 Å². The van der Waals surface area contributed by atoms with Crippen LogP contribution >= 0.6 is 0 Å². The van der Waals surface area contributed by atoms with Crippen LogP contribution in [0.25, 0.3) is 65.4 Å². The fraction of sp³-hybridized carbons (Fsp3) is 0.242. The van der Waals surface area contributed by atoms with Gasteiger partial charge in [-0.25, -0.2) is 0 Å². The molecule has 0 unspecified atom stereocenters. The van der Waals surface area contributed by atoms with E-state index in [2.05, 4.69) is 251 Å². The predicted octanol–water partition coefficient (Wildman–Crippen LogP) is 20.2. The SMILES string of the molecule is Cc1ccc(C(C)C)cc1N(c1ccccc1)c1ccc2cc3c(cc2c1)oc1c(C(C)(C)C)c2c(oc4cc5cc(N(c6ccccc6)c6cc(C(C)C)ccc6C)ccc5cc42)c(C(C)(C)C)c13. The van der Waals surface area contributed by atoms with Crippen molar-refractivity contribution in [1.29, 1.82) is 0 Å². The van der Waals surface area contributed by atoms with Gasteiger partial charge in [-0.05, 0) is 165 Å². The van der Waals surface area contributed by atoms with Gasteiger partial charge in [0.15, 0.2) is 0 Å². The first-order chi connectivity index (χ1) is 33.4. The van der Waals surface area contributed by atoms with Gasteiger partial charge < -0.3 is 18.6 Å². The summed E-state index contributed by atoms with van der Waals surface area (Å²) < 4.78 is 14.6. The minimum absolute atomic E-state index is 0.278. The lowest BCUT2D eigenvalue weighted by molar-refractivity contribution is 0.564. The molecule has 0 bridgehead atoms. The molecule has 70 heavy (non-hydrogen) atoms. The van der Waals surface area contributed by atoms with E-state index in [0.29, 0.717) is 11.8 Å². The molecule has 4 heteroatoms. The van der Waals surface area contributed by atoms with Gasteiger partial charge in [-0.15, -0.1) is 0 Å². The molecular weight excluding hydrogens is 853 g/mol. The van der Waals surface area contributed by atoms with Gasteiger partial charge in [-0.2, -0.15) is 0 Å². The Morgan fingerprint density at radius 1 is 0.386 bits per heavy atom. The second-order valence-corrected chi connectivity index (χ2v) is 22.4. The van der Waals surface area contributed by atoms with E-state index in [0.717, 1.165) is 77.4 Å². The Hall–Kier alpha value is -7.30. The number of aryl methyl sites for hydroxylation is 2. The van der Waals surface area contributed by atoms with Crippen molar-refractivity contribution in [3.05, 3.63) is 191 Å². The predicted molar refractivity (Wildman–Crippen MR) is 300 cm³/mol. The number of anilines is 6. The van der Waals surface area contributed by atoms with Gasteiger partial charge >= 0.3 is 0 Å². The Kier molecular flexibility index (Phi) is 10.8. The quantitative estimate of drug-likeness (QED) is 0.152. The van der Waals surface area contributed by atoms with E-state index in [-0.39, 0.29) is 10.8 Å². The first kappa shape index (κ1) is 45.2. The van der Waals surface area contributed by atoms with Crippen LogP contribution in [-0.2, 0) is 10.8 Å². The summed E-state index contributed by atoms with van der Waals surface area (Å²) in [7, 11) is 0. The second kappa shape index (κ2) is 16.7. The molecule has 0 spiro atoms. The van der Waals surface area contributed by atoms with Crippen molar-refractivity contribution in [1.82, 2.24) is 0 Å². The van der Waals surface area contributed by atoms with Gasteiger partial charge in [0.2, 0.25) is 0 Å². The lowest BCUT2D eigenvalue weighted by Crippen LogP contribution is -2.16. The first-order valence-corrected chi connectivity index (χ1v) is 25.1. The molecule has 0 saturated heterocycles. The number of fused-ring (bicyclic) bond motifs is 8. The third kappa shape index (κ3) is 7.60. The van der Waals surface area contributed by atoms with Crippen LogP contribution in [-0.4, -0.2) is 0 Å². The van der Waals surface area contributed by atoms with Crippen LogP contribution in [0.1, 0.15) is 114 Å². The summed E-state index contributed by atoms with van der Waals surface area (Å²) in [6, 6.07) is 58.2. The van der Waals surface area contributed by atoms with E-state index in [1.54, 1.807) is 0 Å². The van der Waals surface area contributed by atoms with E-state index in [1.165, 1.54) is 55.5 Å². The minimum atomic E-state index is -0.278. The zero-order chi connectivity index (χ0) is 49.0. The Labute approximate surface area is 413 Å². The number of hydrogen-bond donors (Lipinski definition) is 0. The molecule has 0 aliphatic rings. The van der Waals surface area contributed by atoms with E-state index >= 15 is 0 Å². The van der Waals surface area contributed by atoms with Crippen LogP contribution < -0.4 is 9.80 Å². The number of rotatable bonds is 8. The van der Waals surface area contributed by atoms with Crippen molar-refractivity contribution in [3.63, 3.8) is 0 Å². The van der Waals surface area contributed by atoms with E-state index < -0.39 is 0 Å². The normalized spacial score (nSPS) is 12.5. The number of hydrogen-bond acceptors (Lipinski definition) is 4. The molecule has 350 valence electrons. The molecule has 0 amide bonds. The van der Waals surface area contributed by atoms with Gasteiger partial charge in [0, 0.05) is 66.8 Å². The topological polar surface area (TPSA) is 32.8 Å². The molecule has 0 radical (unpaired) electrons. The van der Waals surface area contributed by atoms with Crippen LogP contribution in [0.5, 0.6) is 0 Å². The molecule has 0 atom stereocenters. The van der Waals surface area contributed by atoms with Crippen LogP contribution in [0, 0.1) is 13.8 Å². The lowest BCUT2D eigenvalue weighted by atomic mass is 9.77. The molecule has 0 saturated carbocycles. The Balaban J connectivity index is 1.12. The molecule has 11 aromatic rings. The molecule has 0 aliphatic heterocycles. The monoisotopic (exact) mass is 916 g/mol. The average molecular weight is 917 g/mol. The van der Waals surface area contributed by atoms with E-state index in [4.69, 9.17) is 8.83 Å². The number of nitrogens with zero attached hydrogens (tertiary/aromatic N) is 2. The van der Waals surface area contributed by atoms with Gasteiger partial charge in [0.25, 0.3) is 0 Å². The fourth-order valence-electron chi connectivity index (χ4n) is 10.9. The van der Waals surface area contributed by atoms with Crippen LogP contribution in [0.2, 0.25) is 0 Å². The third-order valence-electron chi connectivity index (χ3n) is 14.5. The molecule has 4 nitrogen and oxygen atoms in total. The summed E-state index contributed by atoms with van der Waals surface area (Å²) in [6.07, 6.45) is 0. The highest BCUT2D eigenvalue weighted by molar-refractivity contribution is 6.23. The highest BCUT2D eigenvalue weighted by Gasteiger charge is 2.34. The van der Waals surface area contributed by atoms with E-state index in [9.17, 15) is 0 Å². The summed E-state index contributed by atoms with van der Waals surface area (Å²) in [5.74, 6) is 0.831. The molecule has 0 fully saturated rings. The standard InChI is InChI=1S/C66H64N2O2/c1-39(2)43-25-23-41(5)55(35-43)67(49-19-15-13-16-20-49)51-29-27-45-33-53-57(37-47(45)31-51)69-63-59(53)61(65(7,8)9)64-60(62(63)66(10,11)12)54-34-46-28-30-52(32-48(46)38-58(54)70-64)68(50-21-17-14-18-22-50)56-36-44(40(3)4)26-24-42(56)6/h13-40H,1-12H3. The Bertz CT molecular complexity index is 3570. The molecule has 2 heterocycles. The summed E-state index contributed by atoms with van der Waals surface area (Å²) >= 11 is 0. The Morgan fingerprint density at radius 2 is 0.771 bits per heavy atom. The zero-order valence-corrected chi connectivity index (χ0v) is 42.9. The van der Waals surface area contributed by atoms with Crippen molar-refractivity contribution >= 4 is 99.5 Å². The van der Waals surface area contributed by atoms with Crippen LogP contribution in [0.3, 0.4) is 0 Å². The highest BCUT2D eigenvalue weighted by Crippen LogP contribution is 2.52. The average Bonchev–Trinajstić information content (AvgIpc) is 3.86. The third-order valence-corrected chi connectivity index (χ3v) is 14.5. The number of benzene rings is 9. The number of furan rings is 2. The number of para-hydroxylation sites is 2. The van der Waals surface area contributed by atoms with Gasteiger partial charge in [0.1, 0.15) is 22.3 Å². The lowest BCUT2D eigenvalue weighted by Gasteiger charge is -2.28. The largest absolute Gasteiger partial charge is 0.456 e. The van der Waals surface area contributed by atoms with Crippen molar-refractivity contribution < 1.29 is 8.83 Å². The van der Waals surface area contributed by atoms with Crippen molar-refractivity contribution in [3.8, 4) is 0 Å². The molecule has 2 aromatic heterocycles. The summed E-state index contributed by atoms with van der Waals surface area (Å²) in [5, 5.41) is 9.10. The maximum absolute atomic E-state index is 7.30. The molecule has 11 rings (SSSR count). The maximum atomic E-state index is 7.30. The van der Waals surface area contributed by atoms with E-state index in [1.807, 2.05) is 0 Å². The van der Waals surface area contributed by atoms with Crippen molar-refractivity contribution in [2.75, 3.05) is 9.80 Å². The van der Waals surface area contributed by atoms with Crippen LogP contribution in [0.15, 0.2) is 167 Å². The fourth-order valence-corrected chi connectivity index (χ4v) is 10.9. The molecular formula is C66H64N2O2. The Morgan fingerprint density at radius 3 is 1.13 bits per heavy atom. The molecule has 9 aromatic carbocycles. The smallest absolute Gasteiger partial charge is 0.140 e. The zero-order valence-electron chi connectivity index (χ0n) is 42.9. The van der Waals surface area contributed by atoms with Crippen molar-refractivity contribution in [2.24, 2.45) is 0 Å². The molecule has 0 N–H and O–H groups in total. The second-order valence-electron chi connectivity index (χ2n) is 22.4. The summed E-state index contributed by atoms with van der Waals surface area (Å²) in [4.78, 5) is 4.79. The van der Waals surface area contributed by atoms with Gasteiger partial charge in [-0.3, -0.25) is 0 Å². The highest BCUT2D eigenvalue weighted by atomic mass is 16.3. The van der Waals surface area contributed by atoms with Gasteiger partial charge in [0.05, 0.1) is 0 Å². The van der Waals surface area contributed by atoms with Gasteiger partial charge in [-0.1, -0.05) is 142 Å². The first-order valence-electron chi connectivity index (χ1n) is 25.1. The summed E-state index contributed by atoms with van der Waals surface area (Å²) in [6.45, 7) is 27.3. The minimum Gasteiger partial charge on any atom is -0.456 e.